The highest BCUT2D eigenvalue weighted by molar-refractivity contribution is 5.95. The van der Waals surface area contributed by atoms with E-state index in [1.165, 1.54) is 0 Å². The first-order chi connectivity index (χ1) is 10.1. The molecule has 2 amide bonds. The molecule has 2 rings (SSSR count). The summed E-state index contributed by atoms with van der Waals surface area (Å²) in [5.41, 5.74) is 6.15. The smallest absolute Gasteiger partial charge is 0.276 e. The van der Waals surface area contributed by atoms with E-state index in [2.05, 4.69) is 10.9 Å². The molecule has 0 bridgehead atoms. The maximum Gasteiger partial charge on any atom is 0.276 e. The number of nitrogens with one attached hydrogen (secondary N) is 2. The fraction of sp³-hybridized carbons (Fsp3) is 0.125. The van der Waals surface area contributed by atoms with Crippen molar-refractivity contribution >= 4 is 11.8 Å². The van der Waals surface area contributed by atoms with Gasteiger partial charge in [-0.25, -0.2) is 0 Å². The molecule has 0 aromatic heterocycles. The first kappa shape index (κ1) is 14.6. The van der Waals surface area contributed by atoms with E-state index in [1.807, 2.05) is 31.2 Å². The van der Waals surface area contributed by atoms with Gasteiger partial charge in [0.05, 0.1) is 0 Å². The van der Waals surface area contributed by atoms with Crippen LogP contribution in [0.25, 0.3) is 0 Å². The first-order valence-corrected chi connectivity index (χ1v) is 6.49. The molecule has 0 heterocycles. The van der Waals surface area contributed by atoms with Crippen molar-refractivity contribution in [3.8, 4) is 5.75 Å². The molecule has 0 radical (unpaired) electrons. The predicted octanol–water partition coefficient (Wildman–Crippen LogP) is 1.84. The molecule has 0 fully saturated rings. The number of aryl methyl sites for hydroxylation is 1. The van der Waals surface area contributed by atoms with E-state index in [0.717, 1.165) is 5.56 Å². The Hall–Kier alpha value is -2.82. The van der Waals surface area contributed by atoms with Crippen LogP contribution in [0.2, 0.25) is 0 Å². The van der Waals surface area contributed by atoms with Crippen LogP contribution in [0, 0.1) is 6.92 Å². The Morgan fingerprint density at radius 2 is 1.76 bits per heavy atom. The molecule has 0 aliphatic carbocycles. The second kappa shape index (κ2) is 7.09. The van der Waals surface area contributed by atoms with Gasteiger partial charge in [0.1, 0.15) is 5.75 Å². The lowest BCUT2D eigenvalue weighted by Crippen LogP contribution is -2.43. The van der Waals surface area contributed by atoms with Crippen molar-refractivity contribution in [2.75, 3.05) is 6.61 Å². The Morgan fingerprint density at radius 3 is 2.48 bits per heavy atom. The van der Waals surface area contributed by atoms with Crippen LogP contribution < -0.4 is 15.6 Å². The van der Waals surface area contributed by atoms with Crippen LogP contribution in [0.15, 0.2) is 54.6 Å². The van der Waals surface area contributed by atoms with Crippen molar-refractivity contribution in [1.29, 1.82) is 0 Å². The zero-order valence-corrected chi connectivity index (χ0v) is 11.6. The van der Waals surface area contributed by atoms with E-state index in [4.69, 9.17) is 4.74 Å². The lowest BCUT2D eigenvalue weighted by Gasteiger charge is -2.09. The van der Waals surface area contributed by atoms with Gasteiger partial charge in [-0.3, -0.25) is 20.4 Å². The van der Waals surface area contributed by atoms with Gasteiger partial charge in [-0.2, -0.15) is 0 Å². The fourth-order valence-corrected chi connectivity index (χ4v) is 1.68. The molecule has 2 N–H and O–H groups in total. The Labute approximate surface area is 122 Å². The van der Waals surface area contributed by atoms with Gasteiger partial charge in [-0.1, -0.05) is 30.3 Å². The van der Waals surface area contributed by atoms with E-state index in [1.54, 1.807) is 30.3 Å². The summed E-state index contributed by atoms with van der Waals surface area (Å²) in [6.07, 6.45) is 0. The molecular formula is C16H16N2O3. The van der Waals surface area contributed by atoms with E-state index in [-0.39, 0.29) is 12.5 Å². The van der Waals surface area contributed by atoms with E-state index >= 15 is 0 Å². The third-order valence-corrected chi connectivity index (χ3v) is 2.71. The highest BCUT2D eigenvalue weighted by Crippen LogP contribution is 2.11. The standard InChI is InChI=1S/C16H16N2O3/c1-12-6-5-9-14(10-12)21-11-15(19)17-18-16(20)13-7-3-2-4-8-13/h2-10H,11H2,1H3,(H,17,19)(H,18,20). The lowest BCUT2D eigenvalue weighted by molar-refractivity contribution is -0.123. The van der Waals surface area contributed by atoms with Crippen LogP contribution in [0.1, 0.15) is 15.9 Å². The van der Waals surface area contributed by atoms with Crippen molar-refractivity contribution in [3.63, 3.8) is 0 Å². The molecular weight excluding hydrogens is 268 g/mol. The molecule has 21 heavy (non-hydrogen) atoms. The van der Waals surface area contributed by atoms with Crippen molar-refractivity contribution in [3.05, 3.63) is 65.7 Å². The topological polar surface area (TPSA) is 67.4 Å². The van der Waals surface area contributed by atoms with Crippen LogP contribution in [0.4, 0.5) is 0 Å². The monoisotopic (exact) mass is 284 g/mol. The predicted molar refractivity (Wildman–Crippen MR) is 78.7 cm³/mol. The molecule has 5 heteroatoms. The summed E-state index contributed by atoms with van der Waals surface area (Å²) in [4.78, 5) is 23.3. The van der Waals surface area contributed by atoms with Crippen molar-refractivity contribution < 1.29 is 14.3 Å². The van der Waals surface area contributed by atoms with E-state index in [0.29, 0.717) is 11.3 Å². The number of carbonyl (C=O) groups excluding carboxylic acids is 2. The van der Waals surface area contributed by atoms with E-state index < -0.39 is 5.91 Å². The molecule has 0 spiro atoms. The van der Waals surface area contributed by atoms with Gasteiger partial charge >= 0.3 is 0 Å². The number of hydrazine groups is 1. The SMILES string of the molecule is Cc1cccc(OCC(=O)NNC(=O)c2ccccc2)c1. The number of hydrogen-bond acceptors (Lipinski definition) is 3. The molecule has 0 atom stereocenters. The van der Waals surface area contributed by atoms with Crippen LogP contribution >= 0.6 is 0 Å². The van der Waals surface area contributed by atoms with Crippen LogP contribution in [-0.2, 0) is 4.79 Å². The van der Waals surface area contributed by atoms with Crippen LogP contribution in [0.3, 0.4) is 0 Å². The lowest BCUT2D eigenvalue weighted by atomic mass is 10.2. The van der Waals surface area contributed by atoms with Crippen molar-refractivity contribution in [2.24, 2.45) is 0 Å². The molecule has 0 saturated carbocycles. The molecule has 0 unspecified atom stereocenters. The van der Waals surface area contributed by atoms with Gasteiger partial charge in [0.15, 0.2) is 6.61 Å². The molecule has 108 valence electrons. The number of ether oxygens (including phenoxy) is 1. The number of benzene rings is 2. The third kappa shape index (κ3) is 4.65. The molecule has 2 aromatic carbocycles. The average molecular weight is 284 g/mol. The third-order valence-electron chi connectivity index (χ3n) is 2.71. The Bertz CT molecular complexity index is 626. The molecule has 0 aliphatic rings. The Kier molecular flexibility index (Phi) is 4.93. The second-order valence-electron chi connectivity index (χ2n) is 4.47. The summed E-state index contributed by atoms with van der Waals surface area (Å²) in [6, 6.07) is 16.0. The quantitative estimate of drug-likeness (QED) is 0.842. The largest absolute Gasteiger partial charge is 0.484 e. The summed E-state index contributed by atoms with van der Waals surface area (Å²) in [6.45, 7) is 1.77. The minimum absolute atomic E-state index is 0.168. The first-order valence-electron chi connectivity index (χ1n) is 6.49. The van der Waals surface area contributed by atoms with Gasteiger partial charge in [-0.05, 0) is 36.8 Å². The number of hydrogen-bond donors (Lipinski definition) is 2. The minimum atomic E-state index is -0.430. The number of amides is 2. The number of rotatable bonds is 4. The average Bonchev–Trinajstić information content (AvgIpc) is 2.51. The van der Waals surface area contributed by atoms with Crippen molar-refractivity contribution in [2.45, 2.75) is 6.92 Å². The summed E-state index contributed by atoms with van der Waals surface area (Å²) in [5.74, 6) is -0.195. The highest BCUT2D eigenvalue weighted by Gasteiger charge is 2.07. The normalized spacial score (nSPS) is 9.76. The second-order valence-corrected chi connectivity index (χ2v) is 4.47. The van der Waals surface area contributed by atoms with Gasteiger partial charge < -0.3 is 4.74 Å². The molecule has 0 aliphatic heterocycles. The van der Waals surface area contributed by atoms with Gasteiger partial charge in [-0.15, -0.1) is 0 Å². The van der Waals surface area contributed by atoms with Gasteiger partial charge in [0.25, 0.3) is 11.8 Å². The highest BCUT2D eigenvalue weighted by atomic mass is 16.5. The van der Waals surface area contributed by atoms with Gasteiger partial charge in [0, 0.05) is 5.56 Å². The van der Waals surface area contributed by atoms with Crippen LogP contribution in [-0.4, -0.2) is 18.4 Å². The van der Waals surface area contributed by atoms with Gasteiger partial charge in [0.2, 0.25) is 0 Å². The number of carbonyl (C=O) groups is 2. The zero-order chi connectivity index (χ0) is 15.1. The fourth-order valence-electron chi connectivity index (χ4n) is 1.68. The maximum absolute atomic E-state index is 11.7. The Morgan fingerprint density at radius 1 is 1.00 bits per heavy atom. The maximum atomic E-state index is 11.7. The Balaban J connectivity index is 1.76. The zero-order valence-electron chi connectivity index (χ0n) is 11.6. The summed E-state index contributed by atoms with van der Waals surface area (Å²) < 4.78 is 5.32. The summed E-state index contributed by atoms with van der Waals surface area (Å²) in [5, 5.41) is 0. The molecule has 0 saturated heterocycles. The van der Waals surface area contributed by atoms with Crippen molar-refractivity contribution in [1.82, 2.24) is 10.9 Å². The molecule has 2 aromatic rings. The minimum Gasteiger partial charge on any atom is -0.484 e. The summed E-state index contributed by atoms with van der Waals surface area (Å²) in [7, 11) is 0. The molecule has 5 nitrogen and oxygen atoms in total. The van der Waals surface area contributed by atoms with Crippen LogP contribution in [0.5, 0.6) is 5.75 Å². The van der Waals surface area contributed by atoms with E-state index in [9.17, 15) is 9.59 Å². The summed E-state index contributed by atoms with van der Waals surface area (Å²) >= 11 is 0.